The molecule has 148 valence electrons. The van der Waals surface area contributed by atoms with Crippen LogP contribution in [0.4, 0.5) is 0 Å². The maximum atomic E-state index is 2.65. The van der Waals surface area contributed by atoms with E-state index in [1.165, 1.54) is 19.3 Å². The van der Waals surface area contributed by atoms with E-state index in [2.05, 4.69) is 93.9 Å². The molecule has 0 aliphatic heterocycles. The van der Waals surface area contributed by atoms with Crippen LogP contribution in [0.2, 0.25) is 39.3 Å². The highest BCUT2D eigenvalue weighted by molar-refractivity contribution is 6.78. The third-order valence-electron chi connectivity index (χ3n) is 7.08. The number of hydrogen-bond acceptors (Lipinski definition) is 0. The summed E-state index contributed by atoms with van der Waals surface area (Å²) in [5, 5.41) is 0. The fourth-order valence-electron chi connectivity index (χ4n) is 5.54. The minimum atomic E-state index is -1.24. The monoisotopic (exact) mass is 404 g/mol. The smallest absolute Gasteiger partial charge is 0.0566 e. The Kier molecular flexibility index (Phi) is 5.08. The summed E-state index contributed by atoms with van der Waals surface area (Å²) in [5.41, 5.74) is 9.61. The molecule has 0 N–H and O–H groups in total. The van der Waals surface area contributed by atoms with Crippen molar-refractivity contribution in [2.45, 2.75) is 75.5 Å². The quantitative estimate of drug-likeness (QED) is 0.443. The second-order valence-electron chi connectivity index (χ2n) is 11.1. The largest absolute Gasteiger partial charge is 0.0759 e. The highest BCUT2D eigenvalue weighted by Gasteiger charge is 2.39. The van der Waals surface area contributed by atoms with E-state index in [1.807, 2.05) is 0 Å². The molecule has 0 spiro atoms. The Hall–Kier alpha value is -1.39. The first kappa shape index (κ1) is 19.9. The Labute approximate surface area is 174 Å². The number of benzene rings is 2. The molecule has 0 aromatic heterocycles. The molecule has 2 aliphatic carbocycles. The summed E-state index contributed by atoms with van der Waals surface area (Å²) in [6.07, 6.45) is 6.56. The van der Waals surface area contributed by atoms with Crippen molar-refractivity contribution in [3.8, 4) is 0 Å². The van der Waals surface area contributed by atoms with Gasteiger partial charge < -0.3 is 0 Å². The molecule has 0 radical (unpaired) electrons. The molecule has 2 heteroatoms. The van der Waals surface area contributed by atoms with E-state index in [4.69, 9.17) is 0 Å². The van der Waals surface area contributed by atoms with E-state index in [-0.39, 0.29) is 0 Å². The summed E-state index contributed by atoms with van der Waals surface area (Å²) < 4.78 is 0. The molecule has 28 heavy (non-hydrogen) atoms. The third-order valence-corrected chi connectivity index (χ3v) is 12.1. The van der Waals surface area contributed by atoms with Gasteiger partial charge >= 0.3 is 0 Å². The first-order valence-electron chi connectivity index (χ1n) is 11.0. The van der Waals surface area contributed by atoms with Crippen molar-refractivity contribution < 1.29 is 0 Å². The van der Waals surface area contributed by atoms with Crippen LogP contribution in [0, 0.1) is 0 Å². The minimum Gasteiger partial charge on any atom is -0.0759 e. The molecular weight excluding hydrogens is 368 g/mol. The molecule has 2 aliphatic rings. The normalized spacial score (nSPS) is 24.1. The van der Waals surface area contributed by atoms with E-state index in [0.29, 0.717) is 5.54 Å². The number of rotatable bonds is 5. The van der Waals surface area contributed by atoms with Crippen molar-refractivity contribution in [1.29, 1.82) is 0 Å². The number of hydrogen-bond donors (Lipinski definition) is 0. The van der Waals surface area contributed by atoms with Crippen LogP contribution in [0.1, 0.15) is 58.5 Å². The second kappa shape index (κ2) is 7.14. The van der Waals surface area contributed by atoms with Crippen LogP contribution < -0.4 is 0 Å². The summed E-state index contributed by atoms with van der Waals surface area (Å²) in [7, 11) is -2.42. The van der Waals surface area contributed by atoms with Gasteiger partial charge in [0.2, 0.25) is 0 Å². The lowest BCUT2D eigenvalue weighted by molar-refractivity contribution is 0.617. The van der Waals surface area contributed by atoms with E-state index in [9.17, 15) is 0 Å². The average Bonchev–Trinajstić information content (AvgIpc) is 3.18. The van der Waals surface area contributed by atoms with Gasteiger partial charge in [-0.2, -0.15) is 0 Å². The highest BCUT2D eigenvalue weighted by atomic mass is 28.3. The van der Waals surface area contributed by atoms with Gasteiger partial charge in [0.1, 0.15) is 0 Å². The predicted octanol–water partition coefficient (Wildman–Crippen LogP) is 7.97. The summed E-state index contributed by atoms with van der Waals surface area (Å²) >= 11 is 0. The van der Waals surface area contributed by atoms with Crippen LogP contribution in [0.15, 0.2) is 54.6 Å². The van der Waals surface area contributed by atoms with Gasteiger partial charge in [-0.15, -0.1) is 0 Å². The van der Waals surface area contributed by atoms with Crippen LogP contribution in [0.5, 0.6) is 0 Å². The average molecular weight is 405 g/mol. The maximum Gasteiger partial charge on any atom is 0.0566 e. The van der Waals surface area contributed by atoms with Gasteiger partial charge in [0.05, 0.1) is 16.1 Å². The standard InChI is InChI=1S/C26H36Si2/c1-27(2,3)25-17-19(21-11-7-9-13-23(21)25)15-16-20-18-26(28(4,5)6)24-14-10-8-12-22(20)24/h7-14,17,20,25-26H,15-16,18H2,1-6H3. The molecule has 0 amide bonds. The Morgan fingerprint density at radius 1 is 0.750 bits per heavy atom. The van der Waals surface area contributed by atoms with Gasteiger partial charge in [-0.05, 0) is 64.1 Å². The zero-order chi connectivity index (χ0) is 20.1. The fourth-order valence-corrected chi connectivity index (χ4v) is 9.61. The van der Waals surface area contributed by atoms with Gasteiger partial charge in [-0.25, -0.2) is 0 Å². The summed E-state index contributed by atoms with van der Waals surface area (Å²) in [6.45, 7) is 15.2. The molecule has 3 atom stereocenters. The lowest BCUT2D eigenvalue weighted by atomic mass is 9.92. The molecule has 0 fully saturated rings. The molecule has 4 rings (SSSR count). The predicted molar refractivity (Wildman–Crippen MR) is 130 cm³/mol. The van der Waals surface area contributed by atoms with Crippen LogP contribution in [0.25, 0.3) is 5.57 Å². The molecule has 0 nitrogen and oxygen atoms in total. The van der Waals surface area contributed by atoms with Gasteiger partial charge in [0.25, 0.3) is 0 Å². The molecule has 0 saturated carbocycles. The molecule has 2 aromatic carbocycles. The van der Waals surface area contributed by atoms with E-state index >= 15 is 0 Å². The molecule has 3 unspecified atom stereocenters. The van der Waals surface area contributed by atoms with Crippen molar-refractivity contribution in [2.24, 2.45) is 0 Å². The van der Waals surface area contributed by atoms with Crippen molar-refractivity contribution in [3.63, 3.8) is 0 Å². The Morgan fingerprint density at radius 2 is 1.36 bits per heavy atom. The van der Waals surface area contributed by atoms with Gasteiger partial charge in [0.15, 0.2) is 0 Å². The Morgan fingerprint density at radius 3 is 2.00 bits per heavy atom. The van der Waals surface area contributed by atoms with Gasteiger partial charge in [-0.3, -0.25) is 0 Å². The Balaban J connectivity index is 1.57. The van der Waals surface area contributed by atoms with Gasteiger partial charge in [-0.1, -0.05) is 93.9 Å². The first-order valence-corrected chi connectivity index (χ1v) is 18.2. The molecule has 0 heterocycles. The van der Waals surface area contributed by atoms with Crippen molar-refractivity contribution in [3.05, 3.63) is 76.9 Å². The van der Waals surface area contributed by atoms with Crippen LogP contribution in [-0.2, 0) is 0 Å². The van der Waals surface area contributed by atoms with E-state index in [1.54, 1.807) is 27.8 Å². The lowest BCUT2D eigenvalue weighted by Crippen LogP contribution is -2.29. The summed E-state index contributed by atoms with van der Waals surface area (Å²) in [6, 6.07) is 18.6. The second-order valence-corrected chi connectivity index (χ2v) is 21.9. The van der Waals surface area contributed by atoms with Gasteiger partial charge in [0, 0.05) is 0 Å². The fraction of sp³-hybridized carbons (Fsp3) is 0.462. The van der Waals surface area contributed by atoms with E-state index in [0.717, 1.165) is 11.5 Å². The van der Waals surface area contributed by atoms with Crippen LogP contribution >= 0.6 is 0 Å². The number of allylic oxidation sites excluding steroid dienone is 2. The van der Waals surface area contributed by atoms with Crippen molar-refractivity contribution >= 4 is 21.7 Å². The molecular formula is C26H36Si2. The first-order chi connectivity index (χ1) is 13.2. The minimum absolute atomic E-state index is 0.685. The lowest BCUT2D eigenvalue weighted by Gasteiger charge is -2.26. The summed E-state index contributed by atoms with van der Waals surface area (Å²) in [4.78, 5) is 0. The number of fused-ring (bicyclic) bond motifs is 2. The summed E-state index contributed by atoms with van der Waals surface area (Å²) in [5.74, 6) is 0.743. The molecule has 0 bridgehead atoms. The van der Waals surface area contributed by atoms with Crippen LogP contribution in [-0.4, -0.2) is 16.1 Å². The Bertz CT molecular complexity index is 895. The third kappa shape index (κ3) is 3.62. The molecule has 0 saturated heterocycles. The molecule has 2 aromatic rings. The van der Waals surface area contributed by atoms with Crippen molar-refractivity contribution in [1.82, 2.24) is 0 Å². The maximum absolute atomic E-state index is 2.65. The van der Waals surface area contributed by atoms with E-state index < -0.39 is 16.1 Å². The zero-order valence-corrected chi connectivity index (χ0v) is 20.5. The SMILES string of the molecule is C[Si](C)(C)C1C=C(CCC2CC([Si](C)(C)C)c3ccccc32)c2ccccc21. The van der Waals surface area contributed by atoms with Crippen molar-refractivity contribution in [2.75, 3.05) is 0 Å². The highest BCUT2D eigenvalue weighted by Crippen LogP contribution is 2.50. The topological polar surface area (TPSA) is 0 Å². The zero-order valence-electron chi connectivity index (χ0n) is 18.5. The van der Waals surface area contributed by atoms with Crippen LogP contribution in [0.3, 0.4) is 0 Å².